The zero-order valence-electron chi connectivity index (χ0n) is 16.9. The average molecular weight is 388 g/mol. The SMILES string of the molecule is CC.CC.O=C(O)c1ccncc1NC1NN(CC2CC2)c2ccc(F)cc21. The van der Waals surface area contributed by atoms with E-state index in [9.17, 15) is 14.3 Å². The molecule has 0 radical (unpaired) electrons. The summed E-state index contributed by atoms with van der Waals surface area (Å²) in [7, 11) is 0. The molecule has 0 saturated heterocycles. The van der Waals surface area contributed by atoms with E-state index in [-0.39, 0.29) is 11.4 Å². The third kappa shape index (κ3) is 4.98. The van der Waals surface area contributed by atoms with Crippen LogP contribution in [0.4, 0.5) is 15.8 Å². The van der Waals surface area contributed by atoms with Crippen LogP contribution in [0.5, 0.6) is 0 Å². The number of hydrogen-bond donors (Lipinski definition) is 3. The number of pyridine rings is 1. The molecule has 1 saturated carbocycles. The number of nitrogens with one attached hydrogen (secondary N) is 2. The monoisotopic (exact) mass is 388 g/mol. The summed E-state index contributed by atoms with van der Waals surface area (Å²) in [6, 6.07) is 6.11. The van der Waals surface area contributed by atoms with E-state index in [1.54, 1.807) is 6.07 Å². The molecule has 2 heterocycles. The van der Waals surface area contributed by atoms with E-state index >= 15 is 0 Å². The highest BCUT2D eigenvalue weighted by molar-refractivity contribution is 5.94. The molecule has 2 aromatic rings. The number of anilines is 2. The molecule has 1 fully saturated rings. The first kappa shape index (κ1) is 21.6. The first-order valence-corrected chi connectivity index (χ1v) is 9.89. The van der Waals surface area contributed by atoms with Gasteiger partial charge in [0.1, 0.15) is 12.0 Å². The van der Waals surface area contributed by atoms with Crippen LogP contribution in [0, 0.1) is 11.7 Å². The molecular weight excluding hydrogens is 359 g/mol. The Hall–Kier alpha value is -2.67. The molecule has 28 heavy (non-hydrogen) atoms. The van der Waals surface area contributed by atoms with E-state index in [2.05, 4.69) is 15.7 Å². The Morgan fingerprint density at radius 3 is 2.64 bits per heavy atom. The molecule has 1 aromatic heterocycles. The second-order valence-corrected chi connectivity index (χ2v) is 6.19. The van der Waals surface area contributed by atoms with Crippen molar-refractivity contribution in [2.24, 2.45) is 5.92 Å². The Balaban J connectivity index is 0.000000660. The predicted molar refractivity (Wildman–Crippen MR) is 110 cm³/mol. The average Bonchev–Trinajstić information content (AvgIpc) is 3.48. The molecule has 1 aliphatic carbocycles. The first-order chi connectivity index (χ1) is 13.6. The molecule has 152 valence electrons. The maximum atomic E-state index is 13.7. The van der Waals surface area contributed by atoms with Crippen molar-refractivity contribution in [3.63, 3.8) is 0 Å². The summed E-state index contributed by atoms with van der Waals surface area (Å²) in [5.41, 5.74) is 5.51. The van der Waals surface area contributed by atoms with Gasteiger partial charge in [0.05, 0.1) is 23.1 Å². The normalized spacial score (nSPS) is 16.9. The summed E-state index contributed by atoms with van der Waals surface area (Å²) < 4.78 is 13.7. The number of hydrogen-bond acceptors (Lipinski definition) is 5. The highest BCUT2D eigenvalue weighted by Crippen LogP contribution is 2.38. The Labute approximate surface area is 165 Å². The van der Waals surface area contributed by atoms with Crippen molar-refractivity contribution in [1.82, 2.24) is 10.4 Å². The van der Waals surface area contributed by atoms with E-state index < -0.39 is 12.1 Å². The second kappa shape index (κ2) is 10.0. The van der Waals surface area contributed by atoms with Gasteiger partial charge in [-0.15, -0.1) is 0 Å². The van der Waals surface area contributed by atoms with Gasteiger partial charge >= 0.3 is 5.97 Å². The number of hydrazine groups is 1. The number of carboxylic acids is 1. The lowest BCUT2D eigenvalue weighted by atomic mass is 10.1. The third-order valence-electron chi connectivity index (χ3n) is 4.37. The quantitative estimate of drug-likeness (QED) is 0.682. The Morgan fingerprint density at radius 1 is 1.29 bits per heavy atom. The fraction of sp³-hybridized carbons (Fsp3) is 0.429. The Morgan fingerprint density at radius 2 is 2.00 bits per heavy atom. The van der Waals surface area contributed by atoms with E-state index in [4.69, 9.17) is 0 Å². The minimum atomic E-state index is -1.04. The summed E-state index contributed by atoms with van der Waals surface area (Å²) in [4.78, 5) is 15.3. The molecule has 3 N–H and O–H groups in total. The highest BCUT2D eigenvalue weighted by atomic mass is 19.1. The molecular formula is C21H29FN4O2. The topological polar surface area (TPSA) is 77.5 Å². The number of halogens is 1. The van der Waals surface area contributed by atoms with Crippen molar-refractivity contribution in [3.8, 4) is 0 Å². The van der Waals surface area contributed by atoms with Crippen molar-refractivity contribution < 1.29 is 14.3 Å². The number of rotatable bonds is 5. The van der Waals surface area contributed by atoms with E-state index in [1.807, 2.05) is 32.7 Å². The van der Waals surface area contributed by atoms with Crippen LogP contribution in [0.3, 0.4) is 0 Å². The van der Waals surface area contributed by atoms with Crippen LogP contribution in [-0.4, -0.2) is 22.6 Å². The number of fused-ring (bicyclic) bond motifs is 1. The van der Waals surface area contributed by atoms with Gasteiger partial charge in [0.25, 0.3) is 0 Å². The van der Waals surface area contributed by atoms with Gasteiger partial charge in [0.15, 0.2) is 0 Å². The van der Waals surface area contributed by atoms with Gasteiger partial charge < -0.3 is 15.4 Å². The van der Waals surface area contributed by atoms with Crippen molar-refractivity contribution in [1.29, 1.82) is 0 Å². The maximum absolute atomic E-state index is 13.7. The minimum absolute atomic E-state index is 0.130. The number of aromatic nitrogens is 1. The molecule has 2 aliphatic rings. The standard InChI is InChI=1S/C17H17FN4O2.2C2H6/c18-11-3-4-15-13(7-11)16(21-22(15)9-10-1-2-10)20-14-8-19-6-5-12(14)17(23)24;2*1-2/h3-8,10,16,20-21H,1-2,9H2,(H,23,24);2*1-2H3. The van der Waals surface area contributed by atoms with Crippen LogP contribution in [0.15, 0.2) is 36.7 Å². The Bertz CT molecular complexity index is 796. The van der Waals surface area contributed by atoms with Crippen molar-refractivity contribution in [2.45, 2.75) is 46.7 Å². The number of aromatic carboxylic acids is 1. The largest absolute Gasteiger partial charge is 0.478 e. The van der Waals surface area contributed by atoms with Crippen LogP contribution in [-0.2, 0) is 0 Å². The van der Waals surface area contributed by atoms with Crippen LogP contribution in [0.2, 0.25) is 0 Å². The van der Waals surface area contributed by atoms with Gasteiger partial charge in [-0.3, -0.25) is 4.98 Å². The molecule has 4 rings (SSSR count). The van der Waals surface area contributed by atoms with Crippen LogP contribution >= 0.6 is 0 Å². The van der Waals surface area contributed by atoms with Gasteiger partial charge in [-0.05, 0) is 43.0 Å². The molecule has 1 unspecified atom stereocenters. The van der Waals surface area contributed by atoms with Gasteiger partial charge in [-0.1, -0.05) is 27.7 Å². The number of benzene rings is 1. The van der Waals surface area contributed by atoms with E-state index in [0.717, 1.165) is 17.8 Å². The third-order valence-corrected chi connectivity index (χ3v) is 4.37. The molecule has 0 spiro atoms. The zero-order chi connectivity index (χ0) is 20.7. The van der Waals surface area contributed by atoms with Gasteiger partial charge in [0.2, 0.25) is 0 Å². The molecule has 7 heteroatoms. The smallest absolute Gasteiger partial charge is 0.337 e. The lowest BCUT2D eigenvalue weighted by molar-refractivity contribution is 0.0697. The van der Waals surface area contributed by atoms with Crippen molar-refractivity contribution in [2.75, 3.05) is 16.9 Å². The lowest BCUT2D eigenvalue weighted by Crippen LogP contribution is -2.38. The van der Waals surface area contributed by atoms with Gasteiger partial charge in [-0.25, -0.2) is 14.6 Å². The summed E-state index contributed by atoms with van der Waals surface area (Å²) in [6.45, 7) is 8.86. The lowest BCUT2D eigenvalue weighted by Gasteiger charge is -2.22. The summed E-state index contributed by atoms with van der Waals surface area (Å²) >= 11 is 0. The van der Waals surface area contributed by atoms with Gasteiger partial charge in [-0.2, -0.15) is 0 Å². The number of carbonyl (C=O) groups is 1. The first-order valence-electron chi connectivity index (χ1n) is 9.89. The summed E-state index contributed by atoms with van der Waals surface area (Å²) in [5, 5.41) is 14.4. The van der Waals surface area contributed by atoms with E-state index in [1.165, 1.54) is 43.4 Å². The molecule has 1 aliphatic heterocycles. The fourth-order valence-corrected chi connectivity index (χ4v) is 2.97. The predicted octanol–water partition coefficient (Wildman–Crippen LogP) is 4.82. The molecule has 0 amide bonds. The number of carboxylic acid groups (broad SMARTS) is 1. The van der Waals surface area contributed by atoms with Crippen molar-refractivity contribution >= 4 is 17.3 Å². The molecule has 0 bridgehead atoms. The van der Waals surface area contributed by atoms with Crippen LogP contribution in [0.1, 0.15) is 62.6 Å². The highest BCUT2D eigenvalue weighted by Gasteiger charge is 2.33. The molecule has 6 nitrogen and oxygen atoms in total. The molecule has 1 atom stereocenters. The number of nitrogens with zero attached hydrogens (tertiary/aromatic N) is 2. The van der Waals surface area contributed by atoms with Crippen LogP contribution < -0.4 is 15.8 Å². The Kier molecular flexibility index (Phi) is 7.75. The second-order valence-electron chi connectivity index (χ2n) is 6.19. The summed E-state index contributed by atoms with van der Waals surface area (Å²) in [6.07, 6.45) is 4.91. The van der Waals surface area contributed by atoms with E-state index in [0.29, 0.717) is 11.6 Å². The zero-order valence-corrected chi connectivity index (χ0v) is 16.9. The minimum Gasteiger partial charge on any atom is -0.478 e. The van der Waals surface area contributed by atoms with Crippen LogP contribution in [0.25, 0.3) is 0 Å². The molecule has 1 aromatic carbocycles. The fourth-order valence-electron chi connectivity index (χ4n) is 2.97. The van der Waals surface area contributed by atoms with Gasteiger partial charge in [0, 0.05) is 18.3 Å². The van der Waals surface area contributed by atoms with Crippen molar-refractivity contribution in [3.05, 3.63) is 53.6 Å². The maximum Gasteiger partial charge on any atom is 0.337 e. The summed E-state index contributed by atoms with van der Waals surface area (Å²) in [5.74, 6) is -0.699.